The SMILES string of the molecule is OC[C@@H](O)[C@@H](O)[C@H](O)[C@@H](O)CO.[Ca+2].[H-].[H-]. The van der Waals surface area contributed by atoms with Crippen molar-refractivity contribution in [3.05, 3.63) is 0 Å². The van der Waals surface area contributed by atoms with Crippen LogP contribution in [0.4, 0.5) is 0 Å². The Labute approximate surface area is 108 Å². The number of hydrogen-bond donors (Lipinski definition) is 6. The number of aliphatic hydroxyl groups excluding tert-OH is 6. The van der Waals surface area contributed by atoms with Crippen molar-refractivity contribution < 1.29 is 33.5 Å². The maximum atomic E-state index is 8.96. The molecule has 0 aliphatic rings. The Morgan fingerprint density at radius 2 is 1.00 bits per heavy atom. The van der Waals surface area contributed by atoms with Crippen LogP contribution in [-0.4, -0.2) is 106 Å². The summed E-state index contributed by atoms with van der Waals surface area (Å²) in [6.07, 6.45) is -6.39. The van der Waals surface area contributed by atoms with E-state index in [0.717, 1.165) is 0 Å². The molecule has 0 heterocycles. The first-order valence-electron chi connectivity index (χ1n) is 3.48. The first-order chi connectivity index (χ1) is 5.54. The van der Waals surface area contributed by atoms with E-state index < -0.39 is 37.6 Å². The van der Waals surface area contributed by atoms with E-state index in [2.05, 4.69) is 0 Å². The Balaban J connectivity index is -0.000000202. The fourth-order valence-corrected chi connectivity index (χ4v) is 0.671. The third-order valence-electron chi connectivity index (χ3n) is 1.51. The zero-order valence-electron chi connectivity index (χ0n) is 9.11. The van der Waals surface area contributed by atoms with Crippen LogP contribution in [0.5, 0.6) is 0 Å². The van der Waals surface area contributed by atoms with Crippen LogP contribution in [0.3, 0.4) is 0 Å². The number of rotatable bonds is 5. The first-order valence-corrected chi connectivity index (χ1v) is 3.48. The maximum Gasteiger partial charge on any atom is 2.00 e. The summed E-state index contributed by atoms with van der Waals surface area (Å²) in [7, 11) is 0. The Bertz CT molecular complexity index is 118. The molecule has 78 valence electrons. The third kappa shape index (κ3) is 5.46. The molecule has 0 spiro atoms. The van der Waals surface area contributed by atoms with E-state index in [0.29, 0.717) is 0 Å². The summed E-state index contributed by atoms with van der Waals surface area (Å²) in [6.45, 7) is -1.45. The summed E-state index contributed by atoms with van der Waals surface area (Å²) in [4.78, 5) is 0. The smallest absolute Gasteiger partial charge is 1.00 e. The van der Waals surface area contributed by atoms with Crippen molar-refractivity contribution in [2.24, 2.45) is 0 Å². The molecule has 4 atom stereocenters. The fraction of sp³-hybridized carbons (Fsp3) is 1.00. The second kappa shape index (κ2) is 8.34. The Hall–Kier alpha value is 1.02. The molecule has 0 fully saturated rings. The minimum atomic E-state index is -1.67. The van der Waals surface area contributed by atoms with Gasteiger partial charge < -0.3 is 33.5 Å². The predicted molar refractivity (Wildman–Crippen MR) is 46.2 cm³/mol. The van der Waals surface area contributed by atoms with E-state index in [-0.39, 0.29) is 40.6 Å². The normalized spacial score (nSPS) is 19.8. The molecule has 6 nitrogen and oxygen atoms in total. The van der Waals surface area contributed by atoms with Crippen molar-refractivity contribution in [2.45, 2.75) is 24.4 Å². The largest absolute Gasteiger partial charge is 2.00 e. The van der Waals surface area contributed by atoms with Crippen LogP contribution in [-0.2, 0) is 0 Å². The van der Waals surface area contributed by atoms with Crippen LogP contribution >= 0.6 is 0 Å². The molecular weight excluding hydrogens is 208 g/mol. The van der Waals surface area contributed by atoms with Gasteiger partial charge in [-0.2, -0.15) is 0 Å². The van der Waals surface area contributed by atoms with Crippen LogP contribution in [0.25, 0.3) is 0 Å². The molecule has 0 saturated heterocycles. The zero-order chi connectivity index (χ0) is 9.72. The van der Waals surface area contributed by atoms with Crippen molar-refractivity contribution in [3.8, 4) is 0 Å². The molecule has 13 heavy (non-hydrogen) atoms. The Morgan fingerprint density at radius 3 is 1.15 bits per heavy atom. The van der Waals surface area contributed by atoms with Crippen molar-refractivity contribution in [2.75, 3.05) is 13.2 Å². The first kappa shape index (κ1) is 16.4. The van der Waals surface area contributed by atoms with E-state index in [4.69, 9.17) is 30.6 Å². The van der Waals surface area contributed by atoms with Crippen LogP contribution < -0.4 is 0 Å². The summed E-state index contributed by atoms with van der Waals surface area (Å²) in [5.74, 6) is 0. The van der Waals surface area contributed by atoms with Crippen molar-refractivity contribution in [1.82, 2.24) is 0 Å². The van der Waals surface area contributed by atoms with E-state index in [9.17, 15) is 0 Å². The van der Waals surface area contributed by atoms with E-state index in [1.807, 2.05) is 0 Å². The van der Waals surface area contributed by atoms with Gasteiger partial charge in [-0.15, -0.1) is 0 Å². The summed E-state index contributed by atoms with van der Waals surface area (Å²) in [5, 5.41) is 52.2. The van der Waals surface area contributed by atoms with Gasteiger partial charge in [0, 0.05) is 0 Å². The van der Waals surface area contributed by atoms with E-state index >= 15 is 0 Å². The van der Waals surface area contributed by atoms with Crippen molar-refractivity contribution in [1.29, 1.82) is 0 Å². The maximum absolute atomic E-state index is 8.96. The minimum Gasteiger partial charge on any atom is -1.00 e. The summed E-state index contributed by atoms with van der Waals surface area (Å²) < 4.78 is 0. The van der Waals surface area contributed by atoms with Gasteiger partial charge in [-0.05, 0) is 0 Å². The van der Waals surface area contributed by atoms with Gasteiger partial charge in [-0.3, -0.25) is 0 Å². The van der Waals surface area contributed by atoms with E-state index in [1.165, 1.54) is 0 Å². The van der Waals surface area contributed by atoms with Crippen LogP contribution in [0.1, 0.15) is 2.85 Å². The molecule has 0 bridgehead atoms. The van der Waals surface area contributed by atoms with Gasteiger partial charge >= 0.3 is 37.7 Å². The predicted octanol–water partition coefficient (Wildman–Crippen LogP) is -3.74. The molecular formula is C6H16CaO6. The van der Waals surface area contributed by atoms with Crippen LogP contribution in [0.15, 0.2) is 0 Å². The molecule has 0 amide bonds. The van der Waals surface area contributed by atoms with Gasteiger partial charge in [-0.25, -0.2) is 0 Å². The molecule has 0 aliphatic heterocycles. The second-order valence-corrected chi connectivity index (χ2v) is 2.48. The van der Waals surface area contributed by atoms with Gasteiger partial charge in [0.2, 0.25) is 0 Å². The van der Waals surface area contributed by atoms with Gasteiger partial charge in [0.1, 0.15) is 24.4 Å². The second-order valence-electron chi connectivity index (χ2n) is 2.48. The molecule has 0 radical (unpaired) electrons. The van der Waals surface area contributed by atoms with Crippen LogP contribution in [0.2, 0.25) is 0 Å². The minimum absolute atomic E-state index is 0. The topological polar surface area (TPSA) is 121 Å². The molecule has 0 rings (SSSR count). The Morgan fingerprint density at radius 1 is 0.769 bits per heavy atom. The molecule has 0 saturated carbocycles. The molecule has 0 aromatic carbocycles. The quantitative estimate of drug-likeness (QED) is 0.267. The molecule has 0 aromatic heterocycles. The Kier molecular flexibility index (Phi) is 10.6. The zero-order valence-corrected chi connectivity index (χ0v) is 9.32. The van der Waals surface area contributed by atoms with Gasteiger partial charge in [-0.1, -0.05) is 0 Å². The molecule has 7 heteroatoms. The average Bonchev–Trinajstić information content (AvgIpc) is 2.12. The fourth-order valence-electron chi connectivity index (χ4n) is 0.671. The number of aliphatic hydroxyl groups is 6. The molecule has 6 N–H and O–H groups in total. The van der Waals surface area contributed by atoms with Crippen LogP contribution in [0, 0.1) is 0 Å². The van der Waals surface area contributed by atoms with Crippen molar-refractivity contribution in [3.63, 3.8) is 0 Å². The van der Waals surface area contributed by atoms with E-state index in [1.54, 1.807) is 0 Å². The van der Waals surface area contributed by atoms with Gasteiger partial charge in [0.15, 0.2) is 0 Å². The summed E-state index contributed by atoms with van der Waals surface area (Å²) in [5.41, 5.74) is 0. The van der Waals surface area contributed by atoms with Crippen molar-refractivity contribution >= 4 is 37.7 Å². The standard InChI is InChI=1S/C6H14O6.Ca.2H/c7-1-3(9)5(11)6(12)4(10)2-8;;;/h3-12H,1-2H2;;;/q;+2;2*-1/t3-,4+,5-,6-;;;/m1.../s1. The summed E-state index contributed by atoms with van der Waals surface area (Å²) in [6, 6.07) is 0. The molecule has 0 aliphatic carbocycles. The monoisotopic (exact) mass is 224 g/mol. The van der Waals surface area contributed by atoms with Gasteiger partial charge in [0.25, 0.3) is 0 Å². The number of hydrogen-bond acceptors (Lipinski definition) is 6. The molecule has 0 aromatic rings. The molecule has 0 unspecified atom stereocenters. The average molecular weight is 224 g/mol. The third-order valence-corrected chi connectivity index (χ3v) is 1.51. The summed E-state index contributed by atoms with van der Waals surface area (Å²) >= 11 is 0. The van der Waals surface area contributed by atoms with Gasteiger partial charge in [0.05, 0.1) is 13.2 Å².